The first-order valence-corrected chi connectivity index (χ1v) is 6.99. The summed E-state index contributed by atoms with van der Waals surface area (Å²) in [5.41, 5.74) is 6.99. The van der Waals surface area contributed by atoms with Gasteiger partial charge in [0.05, 0.1) is 29.3 Å². The summed E-state index contributed by atoms with van der Waals surface area (Å²) in [6, 6.07) is 3.54. The molecule has 1 aromatic carbocycles. The second kappa shape index (κ2) is 3.99. The first kappa shape index (κ1) is 11.0. The Hall–Kier alpha value is -1.07. The van der Waals surface area contributed by atoms with E-state index in [0.29, 0.717) is 19.0 Å². The normalized spacial score (nSPS) is 30.8. The molecule has 3 unspecified atom stereocenters. The second-order valence-electron chi connectivity index (χ2n) is 4.42. The zero-order valence-electron chi connectivity index (χ0n) is 9.64. The zero-order valence-corrected chi connectivity index (χ0v) is 10.5. The average molecular weight is 253 g/mol. The van der Waals surface area contributed by atoms with Gasteiger partial charge in [-0.2, -0.15) is 0 Å². The maximum Gasteiger partial charge on any atom is 0.162 e. The van der Waals surface area contributed by atoms with E-state index >= 15 is 0 Å². The highest BCUT2D eigenvalue weighted by molar-refractivity contribution is 7.86. The summed E-state index contributed by atoms with van der Waals surface area (Å²) in [6.45, 7) is 3.20. The highest BCUT2D eigenvalue weighted by atomic mass is 32.2. The van der Waals surface area contributed by atoms with Crippen LogP contribution >= 0.6 is 0 Å². The molecule has 0 fully saturated rings. The van der Waals surface area contributed by atoms with Crippen LogP contribution in [-0.4, -0.2) is 22.7 Å². The van der Waals surface area contributed by atoms with Crippen molar-refractivity contribution in [1.82, 2.24) is 0 Å². The lowest BCUT2D eigenvalue weighted by molar-refractivity contribution is 0.296. The molecule has 0 spiro atoms. The standard InChI is InChI=1S/C12H15NO3S/c1-7-12(13)8-5-9-10(6-11(8)17(7)14)16-4-2-3-15-9/h5-7,12H,2-4,13H2,1H3. The summed E-state index contributed by atoms with van der Waals surface area (Å²) in [5, 5.41) is -0.0453. The minimum atomic E-state index is -1.04. The van der Waals surface area contributed by atoms with Crippen LogP contribution < -0.4 is 15.2 Å². The molecule has 0 aromatic heterocycles. The van der Waals surface area contributed by atoms with Crippen molar-refractivity contribution in [2.24, 2.45) is 5.73 Å². The number of benzene rings is 1. The molecule has 2 aliphatic heterocycles. The third-order valence-corrected chi connectivity index (χ3v) is 5.05. The van der Waals surface area contributed by atoms with Gasteiger partial charge in [0, 0.05) is 23.4 Å². The van der Waals surface area contributed by atoms with E-state index in [-0.39, 0.29) is 11.3 Å². The lowest BCUT2D eigenvalue weighted by Gasteiger charge is -2.11. The van der Waals surface area contributed by atoms with E-state index in [9.17, 15) is 4.21 Å². The van der Waals surface area contributed by atoms with E-state index in [1.807, 2.05) is 19.1 Å². The van der Waals surface area contributed by atoms with Crippen LogP contribution in [0.3, 0.4) is 0 Å². The summed E-state index contributed by atoms with van der Waals surface area (Å²) in [7, 11) is -1.04. The van der Waals surface area contributed by atoms with E-state index in [2.05, 4.69) is 0 Å². The van der Waals surface area contributed by atoms with Gasteiger partial charge >= 0.3 is 0 Å². The minimum absolute atomic E-state index is 0.0453. The highest BCUT2D eigenvalue weighted by Gasteiger charge is 2.35. The van der Waals surface area contributed by atoms with Gasteiger partial charge in [-0.25, -0.2) is 0 Å². The number of fused-ring (bicyclic) bond motifs is 2. The van der Waals surface area contributed by atoms with Gasteiger partial charge in [-0.05, 0) is 18.6 Å². The van der Waals surface area contributed by atoms with E-state index in [1.54, 1.807) is 0 Å². The molecule has 0 aliphatic carbocycles. The Morgan fingerprint density at radius 2 is 1.94 bits per heavy atom. The van der Waals surface area contributed by atoms with Gasteiger partial charge in [0.15, 0.2) is 11.5 Å². The Bertz CT molecular complexity index is 489. The smallest absolute Gasteiger partial charge is 0.162 e. The molecular weight excluding hydrogens is 238 g/mol. The molecule has 2 heterocycles. The minimum Gasteiger partial charge on any atom is -0.490 e. The third-order valence-electron chi connectivity index (χ3n) is 3.30. The van der Waals surface area contributed by atoms with Gasteiger partial charge in [-0.3, -0.25) is 4.21 Å². The molecule has 1 aromatic rings. The zero-order chi connectivity index (χ0) is 12.0. The van der Waals surface area contributed by atoms with Gasteiger partial charge in [-0.1, -0.05) is 0 Å². The lowest BCUT2D eigenvalue weighted by atomic mass is 10.1. The Morgan fingerprint density at radius 1 is 1.29 bits per heavy atom. The molecule has 3 atom stereocenters. The molecule has 0 saturated carbocycles. The van der Waals surface area contributed by atoms with Crippen molar-refractivity contribution in [2.75, 3.05) is 13.2 Å². The van der Waals surface area contributed by atoms with Crippen LogP contribution in [0.5, 0.6) is 11.5 Å². The van der Waals surface area contributed by atoms with Gasteiger partial charge in [-0.15, -0.1) is 0 Å². The van der Waals surface area contributed by atoms with E-state index in [0.717, 1.165) is 22.6 Å². The molecule has 2 N–H and O–H groups in total. The van der Waals surface area contributed by atoms with Crippen molar-refractivity contribution in [3.8, 4) is 11.5 Å². The van der Waals surface area contributed by atoms with Crippen molar-refractivity contribution in [3.63, 3.8) is 0 Å². The first-order valence-electron chi connectivity index (χ1n) is 5.78. The molecule has 92 valence electrons. The Kier molecular flexibility index (Phi) is 2.60. The fraction of sp³-hybridized carbons (Fsp3) is 0.500. The Labute approximate surface area is 103 Å². The number of rotatable bonds is 0. The van der Waals surface area contributed by atoms with Crippen LogP contribution in [0.1, 0.15) is 24.9 Å². The third kappa shape index (κ3) is 1.65. The number of hydrogen-bond acceptors (Lipinski definition) is 4. The average Bonchev–Trinajstić information content (AvgIpc) is 2.55. The van der Waals surface area contributed by atoms with E-state index in [1.165, 1.54) is 0 Å². The van der Waals surface area contributed by atoms with Crippen LogP contribution in [0.15, 0.2) is 17.0 Å². The van der Waals surface area contributed by atoms with Gasteiger partial charge in [0.2, 0.25) is 0 Å². The summed E-state index contributed by atoms with van der Waals surface area (Å²) >= 11 is 0. The predicted octanol–water partition coefficient (Wildman–Crippen LogP) is 1.36. The van der Waals surface area contributed by atoms with Crippen LogP contribution in [0.2, 0.25) is 0 Å². The summed E-state index contributed by atoms with van der Waals surface area (Å²) in [6.07, 6.45) is 0.866. The Balaban J connectivity index is 2.12. The van der Waals surface area contributed by atoms with Crippen molar-refractivity contribution in [1.29, 1.82) is 0 Å². The number of nitrogens with two attached hydrogens (primary N) is 1. The number of hydrogen-bond donors (Lipinski definition) is 1. The molecule has 2 aliphatic rings. The van der Waals surface area contributed by atoms with Gasteiger partial charge in [0.25, 0.3) is 0 Å². The van der Waals surface area contributed by atoms with E-state index < -0.39 is 10.8 Å². The molecule has 17 heavy (non-hydrogen) atoms. The van der Waals surface area contributed by atoms with Gasteiger partial charge < -0.3 is 15.2 Å². The topological polar surface area (TPSA) is 61.6 Å². The van der Waals surface area contributed by atoms with Crippen molar-refractivity contribution in [3.05, 3.63) is 17.7 Å². The largest absolute Gasteiger partial charge is 0.490 e. The van der Waals surface area contributed by atoms with Crippen molar-refractivity contribution in [2.45, 2.75) is 29.5 Å². The lowest BCUT2D eigenvalue weighted by Crippen LogP contribution is -2.20. The summed E-state index contributed by atoms with van der Waals surface area (Å²) in [5.74, 6) is 1.42. The van der Waals surface area contributed by atoms with Crippen LogP contribution in [-0.2, 0) is 10.8 Å². The first-order chi connectivity index (χ1) is 8.18. The molecule has 4 nitrogen and oxygen atoms in total. The summed E-state index contributed by atoms with van der Waals surface area (Å²) in [4.78, 5) is 0.800. The molecule has 0 radical (unpaired) electrons. The molecule has 0 amide bonds. The quantitative estimate of drug-likeness (QED) is 0.758. The van der Waals surface area contributed by atoms with Gasteiger partial charge in [0.1, 0.15) is 0 Å². The van der Waals surface area contributed by atoms with Crippen LogP contribution in [0.4, 0.5) is 0 Å². The molecule has 5 heteroatoms. The van der Waals surface area contributed by atoms with Crippen LogP contribution in [0.25, 0.3) is 0 Å². The maximum absolute atomic E-state index is 12.1. The van der Waals surface area contributed by atoms with E-state index in [4.69, 9.17) is 15.2 Å². The fourth-order valence-corrected chi connectivity index (χ4v) is 3.69. The predicted molar refractivity (Wildman–Crippen MR) is 64.8 cm³/mol. The molecular formula is C12H15NO3S. The highest BCUT2D eigenvalue weighted by Crippen LogP contribution is 2.42. The maximum atomic E-state index is 12.1. The second-order valence-corrected chi connectivity index (χ2v) is 6.19. The van der Waals surface area contributed by atoms with Crippen molar-refractivity contribution >= 4 is 10.8 Å². The monoisotopic (exact) mass is 253 g/mol. The Morgan fingerprint density at radius 3 is 2.65 bits per heavy atom. The molecule has 3 rings (SSSR count). The summed E-state index contributed by atoms with van der Waals surface area (Å²) < 4.78 is 23.3. The number of ether oxygens (including phenoxy) is 2. The van der Waals surface area contributed by atoms with Crippen molar-refractivity contribution < 1.29 is 13.7 Å². The fourth-order valence-electron chi connectivity index (χ4n) is 2.23. The molecule has 0 saturated heterocycles. The molecule has 0 bridgehead atoms. The van der Waals surface area contributed by atoms with Crippen LogP contribution in [0, 0.1) is 0 Å². The SMILES string of the molecule is CC1C(N)c2cc3c(cc2S1=O)OCCCO3.